The minimum absolute atomic E-state index is 0.395. The van der Waals surface area contributed by atoms with Crippen molar-refractivity contribution in [2.45, 2.75) is 31.0 Å². The Morgan fingerprint density at radius 2 is 1.74 bits per heavy atom. The lowest BCUT2D eigenvalue weighted by molar-refractivity contribution is -0.127. The van der Waals surface area contributed by atoms with E-state index in [9.17, 15) is 20.4 Å². The Morgan fingerprint density at radius 3 is 2.26 bits per heavy atom. The Morgan fingerprint density at radius 1 is 1.09 bits per heavy atom. The van der Waals surface area contributed by atoms with Crippen molar-refractivity contribution >= 4 is 0 Å². The number of benzene rings is 1. The molecule has 23 heavy (non-hydrogen) atoms. The molecule has 1 saturated carbocycles. The summed E-state index contributed by atoms with van der Waals surface area (Å²) in [4.78, 5) is 0. The van der Waals surface area contributed by atoms with E-state index in [0.29, 0.717) is 5.75 Å². The predicted octanol–water partition coefficient (Wildman–Crippen LogP) is -1.53. The lowest BCUT2D eigenvalue weighted by Gasteiger charge is -2.25. The standard InChI is InChI=1S/C16H25NO6/c1-17-7-6-9-2-4-10(5-3-9)23-16(22)12-13(19)11(8-18)14(20)15(12)21/h2-5,11-22H,6-8H2,1H3/t11?,12?,13?,14-,15?,16-/m1/s1. The maximum Gasteiger partial charge on any atom is 0.205 e. The number of likely N-dealkylation sites (N-methyl/N-ethyl adjacent to an activating group) is 1. The summed E-state index contributed by atoms with van der Waals surface area (Å²) < 4.78 is 5.37. The van der Waals surface area contributed by atoms with Crippen LogP contribution >= 0.6 is 0 Å². The van der Waals surface area contributed by atoms with Crippen molar-refractivity contribution in [1.29, 1.82) is 0 Å². The summed E-state index contributed by atoms with van der Waals surface area (Å²) in [6.45, 7) is 0.368. The fourth-order valence-corrected chi connectivity index (χ4v) is 2.95. The Balaban J connectivity index is 1.99. The Labute approximate surface area is 135 Å². The molecule has 0 aliphatic heterocycles. The van der Waals surface area contributed by atoms with Gasteiger partial charge >= 0.3 is 0 Å². The largest absolute Gasteiger partial charge is 0.465 e. The van der Waals surface area contributed by atoms with Crippen LogP contribution in [0.1, 0.15) is 5.56 Å². The van der Waals surface area contributed by atoms with E-state index in [1.165, 1.54) is 0 Å². The van der Waals surface area contributed by atoms with Crippen molar-refractivity contribution in [3.8, 4) is 5.75 Å². The third-order valence-corrected chi connectivity index (χ3v) is 4.40. The van der Waals surface area contributed by atoms with Gasteiger partial charge in [0.1, 0.15) is 5.75 Å². The first-order chi connectivity index (χ1) is 11.0. The van der Waals surface area contributed by atoms with Crippen LogP contribution in [0.3, 0.4) is 0 Å². The highest BCUT2D eigenvalue weighted by atomic mass is 16.6. The molecule has 0 amide bonds. The van der Waals surface area contributed by atoms with Crippen LogP contribution < -0.4 is 10.1 Å². The second kappa shape index (κ2) is 8.05. The van der Waals surface area contributed by atoms with Crippen LogP contribution in [0.25, 0.3) is 0 Å². The molecule has 1 fully saturated rings. The molecule has 130 valence electrons. The first-order valence-corrected chi connectivity index (χ1v) is 7.73. The summed E-state index contributed by atoms with van der Waals surface area (Å²) in [6.07, 6.45) is -4.55. The van der Waals surface area contributed by atoms with E-state index in [4.69, 9.17) is 9.84 Å². The minimum Gasteiger partial charge on any atom is -0.465 e. The molecule has 0 radical (unpaired) electrons. The van der Waals surface area contributed by atoms with Crippen LogP contribution in [0.4, 0.5) is 0 Å². The van der Waals surface area contributed by atoms with Gasteiger partial charge in [-0.2, -0.15) is 0 Å². The molecular weight excluding hydrogens is 302 g/mol. The Kier molecular flexibility index (Phi) is 6.34. The van der Waals surface area contributed by atoms with E-state index < -0.39 is 43.0 Å². The molecule has 2 rings (SSSR count). The Hall–Kier alpha value is -1.22. The highest BCUT2D eigenvalue weighted by molar-refractivity contribution is 5.27. The number of ether oxygens (including phenoxy) is 1. The zero-order valence-electron chi connectivity index (χ0n) is 13.0. The SMILES string of the molecule is CNCCc1ccc(O[C@@H](O)C2C(O)C(CO)[C@@H](O)C2O)cc1. The van der Waals surface area contributed by atoms with Gasteiger partial charge in [-0.1, -0.05) is 12.1 Å². The number of nitrogens with one attached hydrogen (secondary N) is 1. The van der Waals surface area contributed by atoms with Gasteiger partial charge in [-0.3, -0.25) is 0 Å². The second-order valence-corrected chi connectivity index (χ2v) is 5.90. The van der Waals surface area contributed by atoms with Crippen molar-refractivity contribution in [1.82, 2.24) is 5.32 Å². The van der Waals surface area contributed by atoms with Crippen LogP contribution in [0.15, 0.2) is 24.3 Å². The maximum absolute atomic E-state index is 10.1. The molecule has 1 aliphatic carbocycles. The molecule has 0 spiro atoms. The number of hydrogen-bond acceptors (Lipinski definition) is 7. The highest BCUT2D eigenvalue weighted by Crippen LogP contribution is 2.35. The van der Waals surface area contributed by atoms with Gasteiger partial charge in [0.15, 0.2) is 0 Å². The molecular formula is C16H25NO6. The first kappa shape index (κ1) is 18.1. The predicted molar refractivity (Wildman–Crippen MR) is 82.8 cm³/mol. The number of aliphatic hydroxyl groups is 5. The quantitative estimate of drug-likeness (QED) is 0.336. The van der Waals surface area contributed by atoms with Crippen molar-refractivity contribution in [3.05, 3.63) is 29.8 Å². The van der Waals surface area contributed by atoms with Crippen LogP contribution in [-0.2, 0) is 6.42 Å². The summed E-state index contributed by atoms with van der Waals surface area (Å²) in [6, 6.07) is 7.13. The van der Waals surface area contributed by atoms with Gasteiger partial charge in [0.25, 0.3) is 0 Å². The normalized spacial score (nSPS) is 32.0. The van der Waals surface area contributed by atoms with Crippen LogP contribution in [0, 0.1) is 11.8 Å². The van der Waals surface area contributed by atoms with E-state index in [-0.39, 0.29) is 0 Å². The van der Waals surface area contributed by atoms with E-state index in [1.807, 2.05) is 19.2 Å². The second-order valence-electron chi connectivity index (χ2n) is 5.90. The molecule has 4 unspecified atom stereocenters. The Bertz CT molecular complexity index is 482. The number of aliphatic hydroxyl groups excluding tert-OH is 5. The lowest BCUT2D eigenvalue weighted by Crippen LogP contribution is -2.40. The van der Waals surface area contributed by atoms with Gasteiger partial charge in [-0.15, -0.1) is 0 Å². The van der Waals surface area contributed by atoms with E-state index in [0.717, 1.165) is 18.5 Å². The molecule has 6 atom stereocenters. The molecule has 1 aromatic rings. The van der Waals surface area contributed by atoms with E-state index in [1.54, 1.807) is 12.1 Å². The van der Waals surface area contributed by atoms with Crippen LogP contribution in [-0.4, -0.2) is 70.3 Å². The third-order valence-electron chi connectivity index (χ3n) is 4.40. The van der Waals surface area contributed by atoms with Crippen molar-refractivity contribution in [2.24, 2.45) is 11.8 Å². The fourth-order valence-electron chi connectivity index (χ4n) is 2.95. The van der Waals surface area contributed by atoms with Crippen LogP contribution in [0.5, 0.6) is 5.75 Å². The third kappa shape index (κ3) is 4.00. The number of hydrogen-bond donors (Lipinski definition) is 6. The zero-order chi connectivity index (χ0) is 17.0. The fraction of sp³-hybridized carbons (Fsp3) is 0.625. The molecule has 6 N–H and O–H groups in total. The molecule has 0 saturated heterocycles. The summed E-state index contributed by atoms with van der Waals surface area (Å²) in [5.41, 5.74) is 1.11. The zero-order valence-corrected chi connectivity index (χ0v) is 13.0. The van der Waals surface area contributed by atoms with Crippen molar-refractivity contribution in [2.75, 3.05) is 20.2 Å². The average molecular weight is 327 g/mol. The van der Waals surface area contributed by atoms with Crippen LogP contribution in [0.2, 0.25) is 0 Å². The highest BCUT2D eigenvalue weighted by Gasteiger charge is 2.52. The monoisotopic (exact) mass is 327 g/mol. The molecule has 7 heteroatoms. The van der Waals surface area contributed by atoms with Gasteiger partial charge in [0.05, 0.1) is 30.8 Å². The van der Waals surface area contributed by atoms with Gasteiger partial charge in [0.2, 0.25) is 6.29 Å². The molecule has 1 aromatic carbocycles. The van der Waals surface area contributed by atoms with E-state index >= 15 is 0 Å². The first-order valence-electron chi connectivity index (χ1n) is 7.73. The molecule has 7 nitrogen and oxygen atoms in total. The minimum atomic E-state index is -1.49. The van der Waals surface area contributed by atoms with E-state index in [2.05, 4.69) is 5.32 Å². The van der Waals surface area contributed by atoms with Gasteiger partial charge in [0, 0.05) is 5.92 Å². The molecule has 1 aliphatic rings. The summed E-state index contributed by atoms with van der Waals surface area (Å²) in [7, 11) is 1.88. The molecule has 0 bridgehead atoms. The summed E-state index contributed by atoms with van der Waals surface area (Å²) in [5, 5.41) is 52.1. The van der Waals surface area contributed by atoms with Crippen molar-refractivity contribution in [3.63, 3.8) is 0 Å². The van der Waals surface area contributed by atoms with Gasteiger partial charge < -0.3 is 35.6 Å². The number of rotatable bonds is 7. The molecule has 0 heterocycles. The van der Waals surface area contributed by atoms with Crippen molar-refractivity contribution < 1.29 is 30.3 Å². The smallest absolute Gasteiger partial charge is 0.205 e. The maximum atomic E-state index is 10.1. The van der Waals surface area contributed by atoms with Gasteiger partial charge in [-0.05, 0) is 37.7 Å². The lowest BCUT2D eigenvalue weighted by atomic mass is 10.00. The topological polar surface area (TPSA) is 122 Å². The molecule has 0 aromatic heterocycles. The van der Waals surface area contributed by atoms with Gasteiger partial charge in [-0.25, -0.2) is 0 Å². The average Bonchev–Trinajstić information content (AvgIpc) is 2.76. The summed E-state index contributed by atoms with van der Waals surface area (Å²) in [5.74, 6) is -1.60. The summed E-state index contributed by atoms with van der Waals surface area (Å²) >= 11 is 0.